The highest BCUT2D eigenvalue weighted by Crippen LogP contribution is 2.43. The van der Waals surface area contributed by atoms with Gasteiger partial charge in [-0.3, -0.25) is 14.6 Å². The lowest BCUT2D eigenvalue weighted by Crippen LogP contribution is -2.55. The molecule has 1 amide bonds. The monoisotopic (exact) mass is 529 g/mol. The Hall–Kier alpha value is -3.27. The summed E-state index contributed by atoms with van der Waals surface area (Å²) in [5.74, 6) is -3.63. The number of piperidine rings is 1. The van der Waals surface area contributed by atoms with E-state index >= 15 is 0 Å². The van der Waals surface area contributed by atoms with E-state index in [2.05, 4.69) is 34.5 Å². The molecule has 0 bridgehead atoms. The Kier molecular flexibility index (Phi) is 9.19. The number of nitrogens with zero attached hydrogens (tertiary/aromatic N) is 3. The summed E-state index contributed by atoms with van der Waals surface area (Å²) in [4.78, 5) is 40.4. The Morgan fingerprint density at radius 1 is 1.06 bits per heavy atom. The maximum absolute atomic E-state index is 13.0. The molecular formula is C26H28ClN3O5S. The number of hydrogen-bond acceptors (Lipinski definition) is 6. The normalized spacial score (nSPS) is 14.9. The van der Waals surface area contributed by atoms with Gasteiger partial charge in [0.05, 0.1) is 0 Å². The molecule has 2 N–H and O–H groups in total. The van der Waals surface area contributed by atoms with Crippen molar-refractivity contribution in [3.63, 3.8) is 0 Å². The SMILES string of the molecule is CC(=O)N(c1cccc(Cl)c1)C1(c2nc(C)cs2)CCN(Cc2ccccc2)CC1.O=C(O)C(=O)O. The minimum atomic E-state index is -1.82. The molecule has 0 radical (unpaired) electrons. The van der Waals surface area contributed by atoms with Gasteiger partial charge in [0.2, 0.25) is 5.91 Å². The third-order valence-corrected chi connectivity index (χ3v) is 7.33. The van der Waals surface area contributed by atoms with Crippen molar-refractivity contribution in [3.05, 3.63) is 81.3 Å². The zero-order chi connectivity index (χ0) is 26.3. The van der Waals surface area contributed by atoms with E-state index in [4.69, 9.17) is 36.4 Å². The van der Waals surface area contributed by atoms with Crippen molar-refractivity contribution in [3.8, 4) is 0 Å². The quantitative estimate of drug-likeness (QED) is 0.456. The highest BCUT2D eigenvalue weighted by Gasteiger charge is 2.45. The van der Waals surface area contributed by atoms with E-state index in [1.165, 1.54) is 5.56 Å². The minimum Gasteiger partial charge on any atom is -0.473 e. The Morgan fingerprint density at radius 3 is 2.19 bits per heavy atom. The van der Waals surface area contributed by atoms with E-state index in [0.717, 1.165) is 48.9 Å². The number of hydrogen-bond donors (Lipinski definition) is 2. The number of carboxylic acids is 2. The van der Waals surface area contributed by atoms with E-state index in [9.17, 15) is 4.79 Å². The number of carbonyl (C=O) groups excluding carboxylic acids is 1. The number of halogens is 1. The molecular weight excluding hydrogens is 502 g/mol. The Labute approximate surface area is 218 Å². The number of rotatable bonds is 5. The number of carbonyl (C=O) groups is 3. The number of likely N-dealkylation sites (tertiary alicyclic amines) is 1. The molecule has 0 spiro atoms. The molecule has 0 aliphatic carbocycles. The highest BCUT2D eigenvalue weighted by atomic mass is 35.5. The van der Waals surface area contributed by atoms with Crippen LogP contribution in [-0.4, -0.2) is 51.0 Å². The topological polar surface area (TPSA) is 111 Å². The first-order valence-electron chi connectivity index (χ1n) is 11.3. The number of anilines is 1. The Balaban J connectivity index is 0.000000538. The van der Waals surface area contributed by atoms with Crippen LogP contribution in [0.3, 0.4) is 0 Å². The lowest BCUT2D eigenvalue weighted by Gasteiger charge is -2.47. The van der Waals surface area contributed by atoms with Crippen molar-refractivity contribution in [1.29, 1.82) is 0 Å². The zero-order valence-corrected chi connectivity index (χ0v) is 21.6. The maximum atomic E-state index is 13.0. The molecule has 1 fully saturated rings. The van der Waals surface area contributed by atoms with Gasteiger partial charge in [-0.25, -0.2) is 14.6 Å². The van der Waals surface area contributed by atoms with Gasteiger partial charge in [0.1, 0.15) is 10.5 Å². The highest BCUT2D eigenvalue weighted by molar-refractivity contribution is 7.09. The minimum absolute atomic E-state index is 0.0154. The van der Waals surface area contributed by atoms with Crippen LogP contribution in [0.1, 0.15) is 36.0 Å². The fourth-order valence-electron chi connectivity index (χ4n) is 4.37. The summed E-state index contributed by atoms with van der Waals surface area (Å²) in [6.45, 7) is 6.37. The van der Waals surface area contributed by atoms with Gasteiger partial charge in [-0.1, -0.05) is 48.0 Å². The fraction of sp³-hybridized carbons (Fsp3) is 0.308. The van der Waals surface area contributed by atoms with Crippen LogP contribution >= 0.6 is 22.9 Å². The van der Waals surface area contributed by atoms with Crippen LogP contribution in [0.4, 0.5) is 5.69 Å². The van der Waals surface area contributed by atoms with Crippen LogP contribution in [0, 0.1) is 6.92 Å². The molecule has 0 saturated carbocycles. The van der Waals surface area contributed by atoms with Gasteiger partial charge in [0.25, 0.3) is 0 Å². The van der Waals surface area contributed by atoms with Crippen LogP contribution < -0.4 is 4.90 Å². The van der Waals surface area contributed by atoms with Crippen molar-refractivity contribution in [2.24, 2.45) is 0 Å². The average Bonchev–Trinajstić information content (AvgIpc) is 3.28. The Morgan fingerprint density at radius 2 is 1.69 bits per heavy atom. The average molecular weight is 530 g/mol. The molecule has 2 aromatic carbocycles. The molecule has 0 atom stereocenters. The van der Waals surface area contributed by atoms with Crippen molar-refractivity contribution >= 4 is 46.5 Å². The first-order valence-corrected chi connectivity index (χ1v) is 12.6. The number of benzene rings is 2. The lowest BCUT2D eigenvalue weighted by atomic mass is 9.85. The second-order valence-corrected chi connectivity index (χ2v) is 9.83. The molecule has 8 nitrogen and oxygen atoms in total. The molecule has 36 heavy (non-hydrogen) atoms. The molecule has 2 heterocycles. The first kappa shape index (κ1) is 27.3. The standard InChI is InChI=1S/C24H26ClN3OS.C2H2O4/c1-18-17-30-23(26-18)24(28(19(2)29)22-10-6-9-21(25)15-22)11-13-27(14-12-24)16-20-7-4-3-5-8-20;3-1(4)2(5)6/h3-10,15,17H,11-14,16H2,1-2H3;(H,3,4)(H,5,6). The second-order valence-electron chi connectivity index (χ2n) is 8.53. The molecule has 190 valence electrons. The van der Waals surface area contributed by atoms with E-state index < -0.39 is 17.5 Å². The molecule has 1 aliphatic rings. The summed E-state index contributed by atoms with van der Waals surface area (Å²) in [6.07, 6.45) is 1.66. The van der Waals surface area contributed by atoms with Gasteiger partial charge in [-0.2, -0.15) is 0 Å². The number of aromatic nitrogens is 1. The predicted octanol–water partition coefficient (Wildman–Crippen LogP) is 4.80. The largest absolute Gasteiger partial charge is 0.473 e. The molecule has 0 unspecified atom stereocenters. The van der Waals surface area contributed by atoms with Crippen LogP contribution in [0.2, 0.25) is 5.02 Å². The van der Waals surface area contributed by atoms with Crippen LogP contribution in [0.5, 0.6) is 0 Å². The number of carboxylic acid groups (broad SMARTS) is 2. The molecule has 1 saturated heterocycles. The number of aliphatic carboxylic acids is 2. The predicted molar refractivity (Wildman–Crippen MR) is 139 cm³/mol. The third kappa shape index (κ3) is 6.69. The molecule has 1 aliphatic heterocycles. The van der Waals surface area contributed by atoms with Gasteiger partial charge in [0, 0.05) is 48.3 Å². The molecule has 10 heteroatoms. The molecule has 3 aromatic rings. The van der Waals surface area contributed by atoms with Gasteiger partial charge in [0.15, 0.2) is 0 Å². The van der Waals surface area contributed by atoms with Crippen molar-refractivity contribution in [2.75, 3.05) is 18.0 Å². The van der Waals surface area contributed by atoms with Crippen molar-refractivity contribution in [1.82, 2.24) is 9.88 Å². The number of amides is 1. The summed E-state index contributed by atoms with van der Waals surface area (Å²) in [5.41, 5.74) is 2.69. The first-order chi connectivity index (χ1) is 17.1. The van der Waals surface area contributed by atoms with Crippen molar-refractivity contribution in [2.45, 2.75) is 38.8 Å². The fourth-order valence-corrected chi connectivity index (χ4v) is 5.60. The summed E-state index contributed by atoms with van der Waals surface area (Å²) in [5, 5.41) is 18.5. The number of thiazole rings is 1. The molecule has 1 aromatic heterocycles. The smallest absolute Gasteiger partial charge is 0.414 e. The lowest BCUT2D eigenvalue weighted by molar-refractivity contribution is -0.159. The summed E-state index contributed by atoms with van der Waals surface area (Å²) < 4.78 is 0. The summed E-state index contributed by atoms with van der Waals surface area (Å²) in [6, 6.07) is 18.1. The van der Waals surface area contributed by atoms with Crippen LogP contribution in [0.25, 0.3) is 0 Å². The van der Waals surface area contributed by atoms with Gasteiger partial charge < -0.3 is 10.2 Å². The van der Waals surface area contributed by atoms with E-state index in [0.29, 0.717) is 5.02 Å². The Bertz CT molecular complexity index is 1200. The van der Waals surface area contributed by atoms with Gasteiger partial charge in [-0.05, 0) is 43.5 Å². The van der Waals surface area contributed by atoms with E-state index in [1.807, 2.05) is 42.2 Å². The van der Waals surface area contributed by atoms with Crippen molar-refractivity contribution < 1.29 is 24.6 Å². The van der Waals surface area contributed by atoms with Crippen LogP contribution in [-0.2, 0) is 26.5 Å². The van der Waals surface area contributed by atoms with Gasteiger partial charge >= 0.3 is 11.9 Å². The third-order valence-electron chi connectivity index (χ3n) is 5.94. The summed E-state index contributed by atoms with van der Waals surface area (Å²) >= 11 is 7.93. The summed E-state index contributed by atoms with van der Waals surface area (Å²) in [7, 11) is 0. The second kappa shape index (κ2) is 12.1. The zero-order valence-electron chi connectivity index (χ0n) is 20.1. The van der Waals surface area contributed by atoms with E-state index in [1.54, 1.807) is 18.3 Å². The van der Waals surface area contributed by atoms with E-state index in [-0.39, 0.29) is 5.91 Å². The van der Waals surface area contributed by atoms with Crippen LogP contribution in [0.15, 0.2) is 60.0 Å². The molecule has 4 rings (SSSR count). The van der Waals surface area contributed by atoms with Gasteiger partial charge in [-0.15, -0.1) is 11.3 Å². The number of aryl methyl sites for hydroxylation is 1. The maximum Gasteiger partial charge on any atom is 0.414 e.